The molecule has 0 N–H and O–H groups in total. The number of nitrogens with zero attached hydrogens (tertiary/aromatic N) is 3. The van der Waals surface area contributed by atoms with Crippen LogP contribution in [0.3, 0.4) is 0 Å². The van der Waals surface area contributed by atoms with Gasteiger partial charge in [0.05, 0.1) is 11.2 Å². The Morgan fingerprint density at radius 3 is 2.56 bits per heavy atom. The second kappa shape index (κ2) is 5.73. The minimum Gasteiger partial charge on any atom is -0.477 e. The minimum atomic E-state index is -0.342. The van der Waals surface area contributed by atoms with Gasteiger partial charge in [0.2, 0.25) is 5.90 Å². The van der Waals surface area contributed by atoms with Gasteiger partial charge in [-0.25, -0.2) is 4.99 Å². The lowest BCUT2D eigenvalue weighted by Gasteiger charge is -2.16. The van der Waals surface area contributed by atoms with E-state index in [0.717, 1.165) is 23.7 Å². The quantitative estimate of drug-likeness (QED) is 0.609. The summed E-state index contributed by atoms with van der Waals surface area (Å²) in [5.41, 5.74) is 1.65. The van der Waals surface area contributed by atoms with Gasteiger partial charge in [-0.1, -0.05) is 30.3 Å². The van der Waals surface area contributed by atoms with Crippen LogP contribution in [0.5, 0.6) is 0 Å². The van der Waals surface area contributed by atoms with Gasteiger partial charge in [0.25, 0.3) is 0 Å². The molecule has 0 aliphatic carbocycles. The fraction of sp³-hybridized carbons (Fsp3) is 0.333. The molecular formula is C21H23N3O. The maximum Gasteiger partial charge on any atom is 0.213 e. The number of hydrogen-bond acceptors (Lipinski definition) is 4. The van der Waals surface area contributed by atoms with Crippen LogP contribution < -0.4 is 4.90 Å². The lowest BCUT2D eigenvalue weighted by atomic mass is 9.98. The number of anilines is 1. The largest absolute Gasteiger partial charge is 0.477 e. The molecule has 0 bridgehead atoms. The third-order valence-corrected chi connectivity index (χ3v) is 4.87. The first-order valence-electron chi connectivity index (χ1n) is 8.68. The predicted molar refractivity (Wildman–Crippen MR) is 101 cm³/mol. The number of aliphatic imine (C=N–C) groups is 1. The van der Waals surface area contributed by atoms with E-state index in [-0.39, 0.29) is 17.1 Å². The molecule has 2 aliphatic heterocycles. The molecule has 128 valence electrons. The number of ether oxygens (including phenoxy) is 1. The van der Waals surface area contributed by atoms with E-state index in [0.29, 0.717) is 6.61 Å². The molecule has 25 heavy (non-hydrogen) atoms. The van der Waals surface area contributed by atoms with Crippen molar-refractivity contribution in [2.45, 2.75) is 37.4 Å². The normalized spacial score (nSPS) is 26.7. The molecule has 4 rings (SSSR count). The number of pyridine rings is 1. The molecule has 4 heteroatoms. The number of para-hydroxylation sites is 1. The maximum absolute atomic E-state index is 6.08. The summed E-state index contributed by atoms with van der Waals surface area (Å²) in [7, 11) is 0. The van der Waals surface area contributed by atoms with Crippen LogP contribution in [0.4, 0.5) is 5.69 Å². The lowest BCUT2D eigenvalue weighted by Crippen LogP contribution is -2.30. The van der Waals surface area contributed by atoms with Gasteiger partial charge >= 0.3 is 0 Å². The molecule has 1 unspecified atom stereocenters. The minimum absolute atomic E-state index is 0.0988. The molecule has 2 atom stereocenters. The van der Waals surface area contributed by atoms with Gasteiger partial charge in [-0.3, -0.25) is 4.98 Å². The van der Waals surface area contributed by atoms with Crippen molar-refractivity contribution in [3.63, 3.8) is 0 Å². The first kappa shape index (κ1) is 15.9. The first-order chi connectivity index (χ1) is 12.1. The average molecular weight is 333 g/mol. The fourth-order valence-corrected chi connectivity index (χ4v) is 3.76. The van der Waals surface area contributed by atoms with Crippen molar-refractivity contribution in [3.8, 4) is 0 Å². The van der Waals surface area contributed by atoms with Gasteiger partial charge in [-0.15, -0.1) is 6.58 Å². The molecule has 0 radical (unpaired) electrons. The van der Waals surface area contributed by atoms with Gasteiger partial charge < -0.3 is 9.64 Å². The molecule has 0 spiro atoms. The summed E-state index contributed by atoms with van der Waals surface area (Å²) in [6.45, 7) is 8.81. The van der Waals surface area contributed by atoms with Gasteiger partial charge in [0, 0.05) is 11.9 Å². The Hall–Kier alpha value is -2.62. The van der Waals surface area contributed by atoms with E-state index in [4.69, 9.17) is 9.73 Å². The van der Waals surface area contributed by atoms with Gasteiger partial charge in [0.1, 0.15) is 18.2 Å². The highest BCUT2D eigenvalue weighted by molar-refractivity contribution is 5.99. The lowest BCUT2D eigenvalue weighted by molar-refractivity contribution is 0.268. The van der Waals surface area contributed by atoms with Crippen LogP contribution >= 0.6 is 0 Å². The number of rotatable bonds is 5. The molecule has 1 aromatic heterocycles. The summed E-state index contributed by atoms with van der Waals surface area (Å²) >= 11 is 0. The highest BCUT2D eigenvalue weighted by atomic mass is 16.5. The molecule has 0 saturated carbocycles. The van der Waals surface area contributed by atoms with Crippen molar-refractivity contribution >= 4 is 11.6 Å². The Morgan fingerprint density at radius 2 is 1.96 bits per heavy atom. The average Bonchev–Trinajstić information content (AvgIpc) is 3.15. The molecular weight excluding hydrogens is 310 g/mol. The molecule has 2 aromatic rings. The van der Waals surface area contributed by atoms with Crippen molar-refractivity contribution in [2.75, 3.05) is 11.5 Å². The summed E-state index contributed by atoms with van der Waals surface area (Å²) in [4.78, 5) is 11.9. The zero-order valence-electron chi connectivity index (χ0n) is 14.7. The molecule has 0 amide bonds. The number of benzene rings is 1. The fourth-order valence-electron chi connectivity index (χ4n) is 3.76. The molecule has 1 saturated heterocycles. The molecule has 2 aliphatic rings. The van der Waals surface area contributed by atoms with E-state index in [2.05, 4.69) is 60.6 Å². The smallest absolute Gasteiger partial charge is 0.213 e. The Balaban J connectivity index is 1.84. The van der Waals surface area contributed by atoms with Crippen molar-refractivity contribution in [2.24, 2.45) is 4.99 Å². The van der Waals surface area contributed by atoms with Gasteiger partial charge in [0.15, 0.2) is 0 Å². The highest BCUT2D eigenvalue weighted by Crippen LogP contribution is 2.59. The van der Waals surface area contributed by atoms with E-state index < -0.39 is 0 Å². The standard InChI is InChI=1S/C21H23N3O/c1-4-13-21(19-23-20(2,3)15-25-19)18(17-12-8-9-14-22-17)24(21)16-10-6-5-7-11-16/h4-12,14,18H,1,13,15H2,2-3H3/t18-,21?,24?/m0/s1. The third-order valence-electron chi connectivity index (χ3n) is 4.87. The summed E-state index contributed by atoms with van der Waals surface area (Å²) in [5, 5.41) is 0. The zero-order chi connectivity index (χ0) is 17.5. The van der Waals surface area contributed by atoms with Crippen LogP contribution in [0.25, 0.3) is 0 Å². The Bertz CT molecular complexity index is 753. The maximum atomic E-state index is 6.08. The van der Waals surface area contributed by atoms with Crippen molar-refractivity contribution < 1.29 is 4.74 Å². The van der Waals surface area contributed by atoms with Crippen molar-refractivity contribution in [1.29, 1.82) is 0 Å². The van der Waals surface area contributed by atoms with E-state index in [1.54, 1.807) is 0 Å². The van der Waals surface area contributed by atoms with Crippen LogP contribution in [-0.2, 0) is 4.74 Å². The second-order valence-electron chi connectivity index (χ2n) is 7.30. The van der Waals surface area contributed by atoms with E-state index in [1.165, 1.54) is 0 Å². The molecule has 4 nitrogen and oxygen atoms in total. The van der Waals surface area contributed by atoms with Crippen LogP contribution in [0.15, 0.2) is 72.4 Å². The summed E-state index contributed by atoms with van der Waals surface area (Å²) in [6.07, 6.45) is 4.56. The number of aromatic nitrogens is 1. The van der Waals surface area contributed by atoms with Gasteiger partial charge in [-0.05, 0) is 44.5 Å². The summed E-state index contributed by atoms with van der Waals surface area (Å²) in [6, 6.07) is 16.6. The number of hydrogen-bond donors (Lipinski definition) is 0. The zero-order valence-corrected chi connectivity index (χ0v) is 14.7. The molecule has 1 aromatic carbocycles. The monoisotopic (exact) mass is 333 g/mol. The molecule has 1 fully saturated rings. The van der Waals surface area contributed by atoms with E-state index in [1.807, 2.05) is 30.5 Å². The molecule has 3 heterocycles. The van der Waals surface area contributed by atoms with E-state index in [9.17, 15) is 0 Å². The summed E-state index contributed by atoms with van der Waals surface area (Å²) < 4.78 is 6.08. The highest BCUT2D eigenvalue weighted by Gasteiger charge is 2.69. The van der Waals surface area contributed by atoms with Crippen LogP contribution in [0.1, 0.15) is 32.0 Å². The van der Waals surface area contributed by atoms with E-state index >= 15 is 0 Å². The Morgan fingerprint density at radius 1 is 1.20 bits per heavy atom. The van der Waals surface area contributed by atoms with Crippen LogP contribution in [0, 0.1) is 0 Å². The third kappa shape index (κ3) is 2.53. The summed E-state index contributed by atoms with van der Waals surface area (Å²) in [5.74, 6) is 0.803. The Kier molecular flexibility index (Phi) is 3.64. The van der Waals surface area contributed by atoms with Crippen LogP contribution in [-0.4, -0.2) is 28.6 Å². The second-order valence-corrected chi connectivity index (χ2v) is 7.30. The van der Waals surface area contributed by atoms with Crippen molar-refractivity contribution in [3.05, 3.63) is 73.1 Å². The van der Waals surface area contributed by atoms with Gasteiger partial charge in [-0.2, -0.15) is 0 Å². The topological polar surface area (TPSA) is 37.5 Å². The first-order valence-corrected chi connectivity index (χ1v) is 8.68. The Labute approximate surface area is 148 Å². The predicted octanol–water partition coefficient (Wildman–Crippen LogP) is 4.17. The van der Waals surface area contributed by atoms with Crippen LogP contribution in [0.2, 0.25) is 0 Å². The van der Waals surface area contributed by atoms with Crippen molar-refractivity contribution in [1.82, 2.24) is 4.98 Å². The SMILES string of the molecule is C=CCC1(C2=NC(C)(C)CO2)[C@H](c2ccccn2)N1c1ccccc1.